The van der Waals surface area contributed by atoms with Crippen LogP contribution in [-0.2, 0) is 20.9 Å². The highest BCUT2D eigenvalue weighted by atomic mass is 35.5. The molecule has 0 saturated heterocycles. The first-order valence-electron chi connectivity index (χ1n) is 5.64. The summed E-state index contributed by atoms with van der Waals surface area (Å²) in [6.45, 7) is 5.50. The molecule has 0 aliphatic carbocycles. The SMILES string of the molecule is CCOP(=S)(OCC)Oc1nc(Cl)c(C)cc1C. The van der Waals surface area contributed by atoms with Crippen LogP contribution in [0, 0.1) is 13.8 Å². The summed E-state index contributed by atoms with van der Waals surface area (Å²) in [6.07, 6.45) is 0. The third-order valence-corrected chi connectivity index (χ3v) is 4.85. The molecule has 4 nitrogen and oxygen atoms in total. The van der Waals surface area contributed by atoms with Crippen molar-refractivity contribution in [1.29, 1.82) is 0 Å². The van der Waals surface area contributed by atoms with Gasteiger partial charge in [0.15, 0.2) is 0 Å². The predicted octanol–water partition coefficient (Wildman–Crippen LogP) is 4.03. The molecule has 102 valence electrons. The molecule has 0 radical (unpaired) electrons. The second kappa shape index (κ2) is 6.83. The van der Waals surface area contributed by atoms with Crippen molar-refractivity contribution in [2.45, 2.75) is 27.7 Å². The number of pyridine rings is 1. The minimum absolute atomic E-state index is 0.371. The highest BCUT2D eigenvalue weighted by Crippen LogP contribution is 2.50. The summed E-state index contributed by atoms with van der Waals surface area (Å²) >= 11 is 11.3. The fourth-order valence-electron chi connectivity index (χ4n) is 1.32. The summed E-state index contributed by atoms with van der Waals surface area (Å²) in [5.74, 6) is 0.371. The standard InChI is InChI=1S/C11H17ClNO3PS/c1-5-14-17(18,15-6-2)16-11-9(4)7-8(3)10(12)13-11/h7H,5-6H2,1-4H3. The van der Waals surface area contributed by atoms with E-state index in [4.69, 9.17) is 37.0 Å². The molecule has 0 atom stereocenters. The quantitative estimate of drug-likeness (QED) is 0.586. The van der Waals surface area contributed by atoms with Crippen LogP contribution in [0.4, 0.5) is 0 Å². The van der Waals surface area contributed by atoms with Crippen molar-refractivity contribution in [1.82, 2.24) is 4.98 Å². The Balaban J connectivity index is 3.01. The van der Waals surface area contributed by atoms with E-state index in [2.05, 4.69) is 4.98 Å². The van der Waals surface area contributed by atoms with Gasteiger partial charge < -0.3 is 4.52 Å². The van der Waals surface area contributed by atoms with E-state index < -0.39 is 6.72 Å². The smallest absolute Gasteiger partial charge is 0.381 e. The van der Waals surface area contributed by atoms with Gasteiger partial charge in [-0.15, -0.1) is 0 Å². The summed E-state index contributed by atoms with van der Waals surface area (Å²) < 4.78 is 16.4. The number of hydrogen-bond acceptors (Lipinski definition) is 5. The van der Waals surface area contributed by atoms with Gasteiger partial charge in [0.05, 0.1) is 13.2 Å². The Morgan fingerprint density at radius 2 is 1.78 bits per heavy atom. The number of aryl methyl sites for hydroxylation is 2. The zero-order chi connectivity index (χ0) is 13.8. The molecule has 0 aliphatic rings. The molecule has 1 heterocycles. The summed E-state index contributed by atoms with van der Waals surface area (Å²) in [5, 5.41) is 0.394. The Morgan fingerprint density at radius 3 is 2.28 bits per heavy atom. The maximum Gasteiger partial charge on any atom is 0.381 e. The molecule has 7 heteroatoms. The van der Waals surface area contributed by atoms with E-state index in [0.29, 0.717) is 24.2 Å². The molecule has 0 fully saturated rings. The van der Waals surface area contributed by atoms with E-state index in [9.17, 15) is 0 Å². The van der Waals surface area contributed by atoms with Gasteiger partial charge in [-0.3, -0.25) is 9.05 Å². The van der Waals surface area contributed by atoms with Gasteiger partial charge in [0.2, 0.25) is 5.88 Å². The molecular weight excluding hydrogens is 293 g/mol. The van der Waals surface area contributed by atoms with Crippen LogP contribution in [0.3, 0.4) is 0 Å². The molecule has 0 unspecified atom stereocenters. The van der Waals surface area contributed by atoms with Crippen molar-refractivity contribution in [2.75, 3.05) is 13.2 Å². The third-order valence-electron chi connectivity index (χ3n) is 2.07. The molecule has 0 amide bonds. The average Bonchev–Trinajstić information content (AvgIpc) is 2.26. The third kappa shape index (κ3) is 4.18. The van der Waals surface area contributed by atoms with Gasteiger partial charge in [0.25, 0.3) is 0 Å². The second-order valence-electron chi connectivity index (χ2n) is 3.59. The molecule has 1 aromatic heterocycles. The Kier molecular flexibility index (Phi) is 6.02. The lowest BCUT2D eigenvalue weighted by molar-refractivity contribution is 0.215. The van der Waals surface area contributed by atoms with Gasteiger partial charge in [0.1, 0.15) is 5.15 Å². The molecule has 1 rings (SSSR count). The zero-order valence-corrected chi connectivity index (χ0v) is 13.4. The molecule has 0 aliphatic heterocycles. The fourth-order valence-corrected chi connectivity index (χ4v) is 3.50. The topological polar surface area (TPSA) is 40.6 Å². The Labute approximate surface area is 118 Å². The van der Waals surface area contributed by atoms with Crippen LogP contribution in [-0.4, -0.2) is 18.2 Å². The number of aromatic nitrogens is 1. The maximum absolute atomic E-state index is 5.97. The van der Waals surface area contributed by atoms with Gasteiger partial charge in [-0.1, -0.05) is 11.6 Å². The first kappa shape index (κ1) is 15.9. The molecule has 0 bridgehead atoms. The van der Waals surface area contributed by atoms with Crippen LogP contribution in [0.15, 0.2) is 6.07 Å². The van der Waals surface area contributed by atoms with Gasteiger partial charge in [0, 0.05) is 17.4 Å². The largest absolute Gasteiger partial charge is 0.405 e. The molecule has 0 spiro atoms. The minimum atomic E-state index is -2.79. The molecular formula is C11H17ClNO3PS. The van der Waals surface area contributed by atoms with Crippen LogP contribution in [0.25, 0.3) is 0 Å². The normalized spacial score (nSPS) is 11.6. The van der Waals surface area contributed by atoms with E-state index in [1.54, 1.807) is 0 Å². The number of rotatable bonds is 6. The zero-order valence-electron chi connectivity index (χ0n) is 10.9. The lowest BCUT2D eigenvalue weighted by Gasteiger charge is -2.21. The van der Waals surface area contributed by atoms with Crippen molar-refractivity contribution in [3.05, 3.63) is 22.3 Å². The summed E-state index contributed by atoms with van der Waals surface area (Å²) in [6, 6.07) is 1.89. The van der Waals surface area contributed by atoms with Crippen molar-refractivity contribution in [3.8, 4) is 5.88 Å². The van der Waals surface area contributed by atoms with Crippen LogP contribution < -0.4 is 4.52 Å². The van der Waals surface area contributed by atoms with Crippen molar-refractivity contribution in [3.63, 3.8) is 0 Å². The van der Waals surface area contributed by atoms with Crippen LogP contribution in [0.2, 0.25) is 5.15 Å². The number of hydrogen-bond donors (Lipinski definition) is 0. The Morgan fingerprint density at radius 1 is 1.22 bits per heavy atom. The highest BCUT2D eigenvalue weighted by Gasteiger charge is 2.23. The lowest BCUT2D eigenvalue weighted by atomic mass is 10.2. The van der Waals surface area contributed by atoms with Gasteiger partial charge in [-0.2, -0.15) is 0 Å². The van der Waals surface area contributed by atoms with E-state index in [1.807, 2.05) is 33.8 Å². The summed E-state index contributed by atoms with van der Waals surface area (Å²) in [5.41, 5.74) is 1.74. The van der Waals surface area contributed by atoms with Crippen LogP contribution >= 0.6 is 18.3 Å². The van der Waals surface area contributed by atoms with Crippen LogP contribution in [0.1, 0.15) is 25.0 Å². The molecule has 0 N–H and O–H groups in total. The highest BCUT2D eigenvalue weighted by molar-refractivity contribution is 8.07. The minimum Gasteiger partial charge on any atom is -0.405 e. The Hall–Kier alpha value is -0.190. The molecule has 0 saturated carbocycles. The summed E-state index contributed by atoms with van der Waals surface area (Å²) in [4.78, 5) is 4.17. The van der Waals surface area contributed by atoms with E-state index >= 15 is 0 Å². The number of nitrogens with zero attached hydrogens (tertiary/aromatic N) is 1. The van der Waals surface area contributed by atoms with Crippen molar-refractivity contribution < 1.29 is 13.6 Å². The van der Waals surface area contributed by atoms with Crippen LogP contribution in [0.5, 0.6) is 5.88 Å². The Bertz CT molecular complexity index is 460. The second-order valence-corrected chi connectivity index (χ2v) is 6.89. The van der Waals surface area contributed by atoms with Gasteiger partial charge in [-0.05, 0) is 39.3 Å². The average molecular weight is 310 g/mol. The van der Waals surface area contributed by atoms with Crippen molar-refractivity contribution in [2.24, 2.45) is 0 Å². The van der Waals surface area contributed by atoms with Gasteiger partial charge in [-0.25, -0.2) is 4.98 Å². The molecule has 18 heavy (non-hydrogen) atoms. The lowest BCUT2D eigenvalue weighted by Crippen LogP contribution is -2.04. The molecule has 1 aromatic rings. The fraction of sp³-hybridized carbons (Fsp3) is 0.545. The van der Waals surface area contributed by atoms with E-state index in [-0.39, 0.29) is 0 Å². The van der Waals surface area contributed by atoms with Gasteiger partial charge >= 0.3 is 6.72 Å². The van der Waals surface area contributed by atoms with Crippen molar-refractivity contribution >= 4 is 30.1 Å². The first-order chi connectivity index (χ1) is 8.41. The summed E-state index contributed by atoms with van der Waals surface area (Å²) in [7, 11) is 0. The molecule has 0 aromatic carbocycles. The van der Waals surface area contributed by atoms with E-state index in [1.165, 1.54) is 0 Å². The van der Waals surface area contributed by atoms with E-state index in [0.717, 1.165) is 11.1 Å². The number of halogens is 1. The first-order valence-corrected chi connectivity index (χ1v) is 8.57. The predicted molar refractivity (Wildman–Crippen MR) is 76.9 cm³/mol. The maximum atomic E-state index is 5.97. The monoisotopic (exact) mass is 309 g/mol.